The lowest BCUT2D eigenvalue weighted by atomic mass is 9.97. The largest absolute Gasteiger partial charge is 0.376 e. The predicted octanol–water partition coefficient (Wildman–Crippen LogP) is 6.07. The first-order valence-electron chi connectivity index (χ1n) is 12.8. The number of nitriles is 1. The zero-order valence-electron chi connectivity index (χ0n) is 20.5. The third-order valence-corrected chi connectivity index (χ3v) is 10.0. The van der Waals surface area contributed by atoms with Crippen LogP contribution in [0.2, 0.25) is 0 Å². The number of hydrogen-bond donors (Lipinski definition) is 1. The van der Waals surface area contributed by atoms with Crippen molar-refractivity contribution in [2.24, 2.45) is 0 Å². The number of fused-ring (bicyclic) bond motifs is 1. The van der Waals surface area contributed by atoms with Gasteiger partial charge in [-0.2, -0.15) is 5.26 Å². The number of nitrogens with one attached hydrogen (secondary N) is 1. The molecule has 1 aliphatic heterocycles. The molecular formula is C26H31N5O2S3. The van der Waals surface area contributed by atoms with Gasteiger partial charge in [0, 0.05) is 27.3 Å². The van der Waals surface area contributed by atoms with Crippen LogP contribution >= 0.6 is 34.4 Å². The second kappa shape index (κ2) is 11.9. The molecule has 2 aliphatic rings. The fourth-order valence-electron chi connectivity index (χ4n) is 4.87. The summed E-state index contributed by atoms with van der Waals surface area (Å²) in [5.74, 6) is 0.915. The van der Waals surface area contributed by atoms with Crippen molar-refractivity contribution in [3.8, 4) is 17.5 Å². The molecule has 3 aromatic rings. The molecule has 1 fully saturated rings. The summed E-state index contributed by atoms with van der Waals surface area (Å²) in [5, 5.41) is 25.3. The highest BCUT2D eigenvalue weighted by Gasteiger charge is 2.24. The Balaban J connectivity index is 1.31. The lowest BCUT2D eigenvalue weighted by Gasteiger charge is -2.14. The Morgan fingerprint density at radius 2 is 2.14 bits per heavy atom. The molecule has 0 aromatic carbocycles. The fourth-order valence-corrected chi connectivity index (χ4v) is 7.68. The lowest BCUT2D eigenvalue weighted by molar-refractivity contribution is -0.113. The van der Waals surface area contributed by atoms with Gasteiger partial charge in [-0.05, 0) is 56.6 Å². The molecule has 0 spiro atoms. The molecule has 1 saturated heterocycles. The highest BCUT2D eigenvalue weighted by molar-refractivity contribution is 7.99. The van der Waals surface area contributed by atoms with Gasteiger partial charge in [0.15, 0.2) is 11.0 Å². The van der Waals surface area contributed by atoms with Crippen LogP contribution in [0.1, 0.15) is 66.3 Å². The van der Waals surface area contributed by atoms with E-state index in [1.54, 1.807) is 22.7 Å². The van der Waals surface area contributed by atoms with Gasteiger partial charge in [0.05, 0.1) is 24.0 Å². The number of nitrogens with zero attached hydrogens (tertiary/aromatic N) is 4. The maximum Gasteiger partial charge on any atom is 0.235 e. The first-order valence-corrected chi connectivity index (χ1v) is 15.4. The normalized spacial score (nSPS) is 17.8. The highest BCUT2D eigenvalue weighted by atomic mass is 32.2. The molecular weight excluding hydrogens is 511 g/mol. The number of amides is 1. The van der Waals surface area contributed by atoms with Crippen molar-refractivity contribution in [3.05, 3.63) is 32.3 Å². The summed E-state index contributed by atoms with van der Waals surface area (Å²) in [5.41, 5.74) is 2.87. The summed E-state index contributed by atoms with van der Waals surface area (Å²) in [6, 6.07) is 4.53. The van der Waals surface area contributed by atoms with Gasteiger partial charge >= 0.3 is 0 Å². The summed E-state index contributed by atoms with van der Waals surface area (Å²) < 4.78 is 8.00. The summed E-state index contributed by atoms with van der Waals surface area (Å²) in [6.07, 6.45) is 9.83. The summed E-state index contributed by atoms with van der Waals surface area (Å²) in [4.78, 5) is 15.5. The van der Waals surface area contributed by atoms with Gasteiger partial charge in [0.1, 0.15) is 11.1 Å². The molecule has 3 aromatic heterocycles. The van der Waals surface area contributed by atoms with Crippen LogP contribution in [-0.2, 0) is 35.3 Å². The van der Waals surface area contributed by atoms with E-state index in [1.165, 1.54) is 34.4 Å². The van der Waals surface area contributed by atoms with Crippen LogP contribution in [0.3, 0.4) is 0 Å². The molecule has 1 unspecified atom stereocenters. The minimum Gasteiger partial charge on any atom is -0.376 e. The van der Waals surface area contributed by atoms with Gasteiger partial charge in [0.25, 0.3) is 0 Å². The minimum atomic E-state index is -0.122. The second-order valence-electron chi connectivity index (χ2n) is 9.28. The Hall–Kier alpha value is -2.19. The summed E-state index contributed by atoms with van der Waals surface area (Å²) >= 11 is 4.70. The van der Waals surface area contributed by atoms with Crippen molar-refractivity contribution < 1.29 is 9.53 Å². The highest BCUT2D eigenvalue weighted by Crippen LogP contribution is 2.37. The van der Waals surface area contributed by atoms with Gasteiger partial charge in [-0.3, -0.25) is 9.36 Å². The molecule has 1 N–H and O–H groups in total. The molecule has 36 heavy (non-hydrogen) atoms. The van der Waals surface area contributed by atoms with Crippen LogP contribution in [0.4, 0.5) is 5.00 Å². The minimum absolute atomic E-state index is 0.122. The van der Waals surface area contributed by atoms with Crippen molar-refractivity contribution in [3.63, 3.8) is 0 Å². The van der Waals surface area contributed by atoms with Crippen LogP contribution in [-0.4, -0.2) is 39.1 Å². The molecule has 7 nitrogen and oxygen atoms in total. The Kier molecular flexibility index (Phi) is 8.42. The number of hydrogen-bond acceptors (Lipinski definition) is 8. The first-order chi connectivity index (χ1) is 17.7. The lowest BCUT2D eigenvalue weighted by Crippen LogP contribution is -2.18. The summed E-state index contributed by atoms with van der Waals surface area (Å²) in [7, 11) is 0. The molecule has 190 valence electrons. The molecule has 0 radical (unpaired) electrons. The average molecular weight is 542 g/mol. The van der Waals surface area contributed by atoms with E-state index in [2.05, 4.69) is 44.5 Å². The molecule has 1 amide bonds. The Bertz CT molecular complexity index is 1250. The number of rotatable bonds is 8. The smallest absolute Gasteiger partial charge is 0.235 e. The van der Waals surface area contributed by atoms with E-state index in [4.69, 9.17) is 4.74 Å². The average Bonchev–Trinajstić information content (AvgIpc) is 3.66. The van der Waals surface area contributed by atoms with Crippen molar-refractivity contribution in [1.29, 1.82) is 5.26 Å². The van der Waals surface area contributed by atoms with E-state index in [-0.39, 0.29) is 17.8 Å². The third kappa shape index (κ3) is 5.70. The molecule has 0 saturated carbocycles. The molecule has 1 atom stereocenters. The monoisotopic (exact) mass is 541 g/mol. The zero-order valence-corrected chi connectivity index (χ0v) is 23.0. The molecule has 10 heteroatoms. The Labute approximate surface area is 224 Å². The van der Waals surface area contributed by atoms with Gasteiger partial charge in [0.2, 0.25) is 5.91 Å². The van der Waals surface area contributed by atoms with Crippen molar-refractivity contribution in [2.45, 2.75) is 82.5 Å². The number of carbonyl (C=O) groups is 1. The number of thiophene rings is 2. The Morgan fingerprint density at radius 1 is 1.28 bits per heavy atom. The number of carbonyl (C=O) groups excluding carboxylic acids is 1. The van der Waals surface area contributed by atoms with E-state index in [0.717, 1.165) is 73.7 Å². The number of thioether (sulfide) groups is 1. The van der Waals surface area contributed by atoms with Gasteiger partial charge in [-0.15, -0.1) is 32.9 Å². The SMILES string of the molecule is CCc1cc(-c2nnc(SCC(=O)Nc3sc4c(c3C#N)CCCCCC4)n2CC2CCCO2)cs1. The molecule has 1 aliphatic carbocycles. The van der Waals surface area contributed by atoms with Gasteiger partial charge < -0.3 is 10.1 Å². The second-order valence-corrected chi connectivity index (χ2v) is 12.3. The third-order valence-electron chi connectivity index (χ3n) is 6.76. The topological polar surface area (TPSA) is 92.8 Å². The van der Waals surface area contributed by atoms with Crippen LogP contribution in [0.15, 0.2) is 16.6 Å². The van der Waals surface area contributed by atoms with Gasteiger partial charge in [-0.1, -0.05) is 31.5 Å². The van der Waals surface area contributed by atoms with E-state index in [1.807, 2.05) is 0 Å². The van der Waals surface area contributed by atoms with Crippen LogP contribution < -0.4 is 5.32 Å². The number of anilines is 1. The fraction of sp³-hybridized carbons (Fsp3) is 0.538. The van der Waals surface area contributed by atoms with E-state index in [9.17, 15) is 10.1 Å². The van der Waals surface area contributed by atoms with E-state index < -0.39 is 0 Å². The van der Waals surface area contributed by atoms with Gasteiger partial charge in [-0.25, -0.2) is 0 Å². The Morgan fingerprint density at radius 3 is 2.89 bits per heavy atom. The van der Waals surface area contributed by atoms with Crippen molar-refractivity contribution in [1.82, 2.24) is 14.8 Å². The summed E-state index contributed by atoms with van der Waals surface area (Å²) in [6.45, 7) is 3.62. The zero-order chi connectivity index (χ0) is 24.9. The van der Waals surface area contributed by atoms with Crippen LogP contribution in [0.5, 0.6) is 0 Å². The van der Waals surface area contributed by atoms with Crippen molar-refractivity contribution in [2.75, 3.05) is 17.7 Å². The van der Waals surface area contributed by atoms with Crippen LogP contribution in [0.25, 0.3) is 11.4 Å². The van der Waals surface area contributed by atoms with E-state index >= 15 is 0 Å². The quantitative estimate of drug-likeness (QED) is 0.348. The molecule has 5 rings (SSSR count). The first kappa shape index (κ1) is 25.5. The van der Waals surface area contributed by atoms with Crippen LogP contribution in [0, 0.1) is 11.3 Å². The molecule has 4 heterocycles. The van der Waals surface area contributed by atoms with Crippen molar-refractivity contribution >= 4 is 45.3 Å². The molecule has 0 bridgehead atoms. The number of aromatic nitrogens is 3. The number of aryl methyl sites for hydroxylation is 2. The maximum atomic E-state index is 13.0. The standard InChI is InChI=1S/C26H31N5O2S3/c1-2-19-12-17(15-34-19)24-29-30-26(31(24)14-18-8-7-11-33-18)35-16-23(32)28-25-21(13-27)20-9-5-3-4-6-10-22(20)36-25/h12,15,18H,2-11,14,16H2,1H3,(H,28,32). The predicted molar refractivity (Wildman–Crippen MR) is 146 cm³/mol. The number of ether oxygens (including phenoxy) is 1. The maximum absolute atomic E-state index is 13.0. The van der Waals surface area contributed by atoms with E-state index in [0.29, 0.717) is 17.1 Å².